The molecule has 1 saturated heterocycles. The van der Waals surface area contributed by atoms with E-state index in [-0.39, 0.29) is 6.04 Å². The molecule has 3 heteroatoms. The Morgan fingerprint density at radius 1 is 1.50 bits per heavy atom. The van der Waals surface area contributed by atoms with Crippen LogP contribution in [0.2, 0.25) is 0 Å². The Balaban J connectivity index is 2.03. The molecule has 0 radical (unpaired) electrons. The van der Waals surface area contributed by atoms with Gasteiger partial charge in [-0.05, 0) is 31.0 Å². The number of nitrogens with two attached hydrogens (primary N) is 1. The molecule has 2 atom stereocenters. The van der Waals surface area contributed by atoms with E-state index in [1.807, 2.05) is 18.3 Å². The molecule has 3 nitrogen and oxygen atoms in total. The summed E-state index contributed by atoms with van der Waals surface area (Å²) < 4.78 is 0. The van der Waals surface area contributed by atoms with Crippen LogP contribution in [0.25, 0.3) is 0 Å². The molecule has 14 heavy (non-hydrogen) atoms. The first-order valence-corrected chi connectivity index (χ1v) is 5.27. The molecule has 1 aromatic heterocycles. The minimum absolute atomic E-state index is 0.0870. The second kappa shape index (κ2) is 4.53. The standard InChI is InChI=1S/C11H17N3/c12-11(9-4-3-6-13-8-9)10-5-1-2-7-14-10/h3-4,6,8,10-11,14H,1-2,5,7,12H2. The van der Waals surface area contributed by atoms with Crippen molar-refractivity contribution in [3.63, 3.8) is 0 Å². The third-order valence-electron chi connectivity index (χ3n) is 2.85. The maximum atomic E-state index is 6.17. The number of hydrogen-bond acceptors (Lipinski definition) is 3. The van der Waals surface area contributed by atoms with Gasteiger partial charge >= 0.3 is 0 Å². The van der Waals surface area contributed by atoms with Gasteiger partial charge in [-0.3, -0.25) is 4.98 Å². The Labute approximate surface area is 84.7 Å². The van der Waals surface area contributed by atoms with Crippen LogP contribution in [0.5, 0.6) is 0 Å². The Bertz CT molecular complexity index is 267. The number of nitrogens with zero attached hydrogens (tertiary/aromatic N) is 1. The van der Waals surface area contributed by atoms with Crippen LogP contribution in [-0.2, 0) is 0 Å². The third kappa shape index (κ3) is 2.11. The molecule has 1 fully saturated rings. The molecule has 0 aromatic carbocycles. The van der Waals surface area contributed by atoms with Gasteiger partial charge in [-0.2, -0.15) is 0 Å². The monoisotopic (exact) mass is 191 g/mol. The molecule has 76 valence electrons. The van der Waals surface area contributed by atoms with Crippen LogP contribution in [-0.4, -0.2) is 17.6 Å². The van der Waals surface area contributed by atoms with E-state index in [1.165, 1.54) is 19.3 Å². The molecule has 1 aliphatic rings. The van der Waals surface area contributed by atoms with Gasteiger partial charge < -0.3 is 11.1 Å². The lowest BCUT2D eigenvalue weighted by atomic mass is 9.94. The molecule has 2 unspecified atom stereocenters. The molecule has 2 heterocycles. The van der Waals surface area contributed by atoms with Gasteiger partial charge in [0.25, 0.3) is 0 Å². The summed E-state index contributed by atoms with van der Waals surface area (Å²) in [4.78, 5) is 4.09. The van der Waals surface area contributed by atoms with Crippen LogP contribution in [0.4, 0.5) is 0 Å². The van der Waals surface area contributed by atoms with E-state index >= 15 is 0 Å². The minimum Gasteiger partial charge on any atom is -0.323 e. The van der Waals surface area contributed by atoms with Crippen LogP contribution >= 0.6 is 0 Å². The summed E-state index contributed by atoms with van der Waals surface area (Å²) in [6, 6.07) is 4.50. The third-order valence-corrected chi connectivity index (χ3v) is 2.85. The van der Waals surface area contributed by atoms with Crippen molar-refractivity contribution in [1.29, 1.82) is 0 Å². The van der Waals surface area contributed by atoms with Gasteiger partial charge in [0.15, 0.2) is 0 Å². The van der Waals surface area contributed by atoms with Gasteiger partial charge in [-0.1, -0.05) is 12.5 Å². The molecule has 0 saturated carbocycles. The van der Waals surface area contributed by atoms with Crippen LogP contribution in [0.1, 0.15) is 30.9 Å². The summed E-state index contributed by atoms with van der Waals surface area (Å²) in [6.07, 6.45) is 7.38. The largest absolute Gasteiger partial charge is 0.323 e. The number of piperidine rings is 1. The summed E-state index contributed by atoms with van der Waals surface area (Å²) in [5.41, 5.74) is 7.30. The Morgan fingerprint density at radius 2 is 2.43 bits per heavy atom. The highest BCUT2D eigenvalue weighted by Crippen LogP contribution is 2.19. The van der Waals surface area contributed by atoms with E-state index < -0.39 is 0 Å². The summed E-state index contributed by atoms with van der Waals surface area (Å²) in [5.74, 6) is 0. The fraction of sp³-hybridized carbons (Fsp3) is 0.545. The second-order valence-electron chi connectivity index (χ2n) is 3.87. The molecular weight excluding hydrogens is 174 g/mol. The summed E-state index contributed by atoms with van der Waals surface area (Å²) in [6.45, 7) is 1.10. The van der Waals surface area contributed by atoms with Crippen molar-refractivity contribution in [2.75, 3.05) is 6.54 Å². The van der Waals surface area contributed by atoms with Crippen LogP contribution in [0.3, 0.4) is 0 Å². The predicted molar refractivity (Wildman–Crippen MR) is 56.8 cm³/mol. The molecule has 3 N–H and O–H groups in total. The van der Waals surface area contributed by atoms with Crippen molar-refractivity contribution in [3.05, 3.63) is 30.1 Å². The molecular formula is C11H17N3. The summed E-state index contributed by atoms with van der Waals surface area (Å²) >= 11 is 0. The first kappa shape index (κ1) is 9.62. The molecule has 1 aliphatic heterocycles. The van der Waals surface area contributed by atoms with Crippen molar-refractivity contribution in [1.82, 2.24) is 10.3 Å². The minimum atomic E-state index is 0.0870. The first-order valence-electron chi connectivity index (χ1n) is 5.27. The zero-order chi connectivity index (χ0) is 9.80. The highest BCUT2D eigenvalue weighted by molar-refractivity contribution is 5.15. The van der Waals surface area contributed by atoms with Crippen LogP contribution < -0.4 is 11.1 Å². The molecule has 2 rings (SSSR count). The van der Waals surface area contributed by atoms with E-state index in [0.717, 1.165) is 12.1 Å². The van der Waals surface area contributed by atoms with E-state index in [2.05, 4.69) is 10.3 Å². The van der Waals surface area contributed by atoms with Gasteiger partial charge in [0.1, 0.15) is 0 Å². The lowest BCUT2D eigenvalue weighted by Gasteiger charge is -2.28. The van der Waals surface area contributed by atoms with Crippen molar-refractivity contribution in [2.45, 2.75) is 31.3 Å². The zero-order valence-electron chi connectivity index (χ0n) is 8.32. The maximum Gasteiger partial charge on any atom is 0.0466 e. The maximum absolute atomic E-state index is 6.17. The van der Waals surface area contributed by atoms with Crippen molar-refractivity contribution in [2.24, 2.45) is 5.73 Å². The van der Waals surface area contributed by atoms with E-state index in [0.29, 0.717) is 6.04 Å². The summed E-state index contributed by atoms with van der Waals surface area (Å²) in [5, 5.41) is 3.46. The Kier molecular flexibility index (Phi) is 3.11. The quantitative estimate of drug-likeness (QED) is 0.739. The predicted octanol–water partition coefficient (Wildman–Crippen LogP) is 1.22. The Morgan fingerprint density at radius 3 is 3.07 bits per heavy atom. The van der Waals surface area contributed by atoms with Crippen molar-refractivity contribution < 1.29 is 0 Å². The lowest BCUT2D eigenvalue weighted by molar-refractivity contribution is 0.353. The highest BCUT2D eigenvalue weighted by Gasteiger charge is 2.20. The fourth-order valence-electron chi connectivity index (χ4n) is 1.99. The summed E-state index contributed by atoms with van der Waals surface area (Å²) in [7, 11) is 0. The molecule has 0 aliphatic carbocycles. The van der Waals surface area contributed by atoms with E-state index in [1.54, 1.807) is 6.20 Å². The molecule has 0 spiro atoms. The SMILES string of the molecule is NC(c1cccnc1)C1CCCCN1. The normalized spacial score (nSPS) is 24.5. The highest BCUT2D eigenvalue weighted by atomic mass is 15.0. The molecule has 0 bridgehead atoms. The molecule has 1 aromatic rings. The fourth-order valence-corrected chi connectivity index (χ4v) is 1.99. The van der Waals surface area contributed by atoms with Gasteiger partial charge in [0.2, 0.25) is 0 Å². The first-order chi connectivity index (χ1) is 6.88. The van der Waals surface area contributed by atoms with Gasteiger partial charge in [0.05, 0.1) is 0 Å². The lowest BCUT2D eigenvalue weighted by Crippen LogP contribution is -2.42. The van der Waals surface area contributed by atoms with E-state index in [9.17, 15) is 0 Å². The van der Waals surface area contributed by atoms with Gasteiger partial charge in [-0.25, -0.2) is 0 Å². The van der Waals surface area contributed by atoms with Gasteiger partial charge in [-0.15, -0.1) is 0 Å². The van der Waals surface area contributed by atoms with Gasteiger partial charge in [0, 0.05) is 24.5 Å². The van der Waals surface area contributed by atoms with Crippen molar-refractivity contribution >= 4 is 0 Å². The Hall–Kier alpha value is -0.930. The zero-order valence-corrected chi connectivity index (χ0v) is 8.32. The number of hydrogen-bond donors (Lipinski definition) is 2. The van der Waals surface area contributed by atoms with Crippen LogP contribution in [0.15, 0.2) is 24.5 Å². The average molecular weight is 191 g/mol. The molecule has 0 amide bonds. The second-order valence-corrected chi connectivity index (χ2v) is 3.87. The number of nitrogens with one attached hydrogen (secondary N) is 1. The van der Waals surface area contributed by atoms with Crippen molar-refractivity contribution in [3.8, 4) is 0 Å². The topological polar surface area (TPSA) is 50.9 Å². The van der Waals surface area contributed by atoms with E-state index in [4.69, 9.17) is 5.73 Å². The number of pyridine rings is 1. The number of rotatable bonds is 2. The van der Waals surface area contributed by atoms with Crippen LogP contribution in [0, 0.1) is 0 Å². The number of aromatic nitrogens is 1. The smallest absolute Gasteiger partial charge is 0.0466 e. The average Bonchev–Trinajstić information content (AvgIpc) is 2.30.